The third-order valence-corrected chi connectivity index (χ3v) is 4.51. The molecule has 1 heterocycles. The van der Waals surface area contributed by atoms with Crippen molar-refractivity contribution in [1.82, 2.24) is 5.32 Å². The molecule has 134 valence electrons. The van der Waals surface area contributed by atoms with Gasteiger partial charge in [-0.2, -0.15) is 5.10 Å². The van der Waals surface area contributed by atoms with Gasteiger partial charge in [0.15, 0.2) is 16.7 Å². The standard InChI is InChI=1S/C19H19N3O3S/c1-13-3-5-14(6-4-13)11-25-16-8-7-15(9-17(16)24-2)10-20-22-19-21-18(23)12-26-19/h3-10H,11-12H2,1-2H3,(H,21,22,23). The van der Waals surface area contributed by atoms with Crippen LogP contribution in [-0.4, -0.2) is 30.2 Å². The predicted octanol–water partition coefficient (Wildman–Crippen LogP) is 3.14. The lowest BCUT2D eigenvalue weighted by molar-refractivity contribution is -0.116. The summed E-state index contributed by atoms with van der Waals surface area (Å²) >= 11 is 1.33. The van der Waals surface area contributed by atoms with Gasteiger partial charge < -0.3 is 14.8 Å². The Balaban J connectivity index is 1.65. The van der Waals surface area contributed by atoms with Gasteiger partial charge in [0, 0.05) is 0 Å². The van der Waals surface area contributed by atoms with Gasteiger partial charge in [0.05, 0.1) is 19.1 Å². The molecule has 1 saturated heterocycles. The zero-order chi connectivity index (χ0) is 18.4. The maximum absolute atomic E-state index is 11.1. The molecule has 0 aromatic heterocycles. The maximum Gasteiger partial charge on any atom is 0.236 e. The van der Waals surface area contributed by atoms with E-state index < -0.39 is 0 Å². The highest BCUT2D eigenvalue weighted by atomic mass is 32.2. The van der Waals surface area contributed by atoms with Gasteiger partial charge in [-0.3, -0.25) is 4.79 Å². The van der Waals surface area contributed by atoms with E-state index in [9.17, 15) is 4.79 Å². The average Bonchev–Trinajstić information content (AvgIpc) is 3.07. The second-order valence-electron chi connectivity index (χ2n) is 5.67. The fraction of sp³-hybridized carbons (Fsp3) is 0.211. The maximum atomic E-state index is 11.1. The Kier molecular flexibility index (Phi) is 5.91. The zero-order valence-electron chi connectivity index (χ0n) is 14.6. The van der Waals surface area contributed by atoms with Crippen molar-refractivity contribution in [3.05, 3.63) is 59.2 Å². The van der Waals surface area contributed by atoms with E-state index in [1.54, 1.807) is 13.3 Å². The number of nitrogens with zero attached hydrogens (tertiary/aromatic N) is 2. The Morgan fingerprint density at radius 1 is 1.19 bits per heavy atom. The summed E-state index contributed by atoms with van der Waals surface area (Å²) in [6.45, 7) is 2.52. The first-order valence-electron chi connectivity index (χ1n) is 8.04. The number of aryl methyl sites for hydroxylation is 1. The van der Waals surface area contributed by atoms with Crippen molar-refractivity contribution in [3.8, 4) is 11.5 Å². The molecule has 2 aromatic carbocycles. The molecule has 1 N–H and O–H groups in total. The number of thioether (sulfide) groups is 1. The van der Waals surface area contributed by atoms with Crippen LogP contribution in [0.15, 0.2) is 52.7 Å². The zero-order valence-corrected chi connectivity index (χ0v) is 15.4. The quantitative estimate of drug-likeness (QED) is 0.627. The number of hydrogen-bond donors (Lipinski definition) is 1. The molecule has 1 aliphatic heterocycles. The predicted molar refractivity (Wildman–Crippen MR) is 104 cm³/mol. The number of rotatable bonds is 6. The number of carbonyl (C=O) groups excluding carboxylic acids is 1. The lowest BCUT2D eigenvalue weighted by Crippen LogP contribution is -2.19. The van der Waals surface area contributed by atoms with E-state index in [2.05, 4.69) is 34.6 Å². The van der Waals surface area contributed by atoms with Crippen LogP contribution in [0.1, 0.15) is 16.7 Å². The fourth-order valence-corrected chi connectivity index (χ4v) is 2.89. The average molecular weight is 369 g/mol. The number of methoxy groups -OCH3 is 1. The number of hydrogen-bond acceptors (Lipinski definition) is 6. The second-order valence-corrected chi connectivity index (χ2v) is 6.64. The van der Waals surface area contributed by atoms with Gasteiger partial charge in [0.25, 0.3) is 0 Å². The molecule has 26 heavy (non-hydrogen) atoms. The van der Waals surface area contributed by atoms with Gasteiger partial charge in [0.2, 0.25) is 5.91 Å². The minimum Gasteiger partial charge on any atom is -0.493 e. The Bertz CT molecular complexity index is 848. The summed E-state index contributed by atoms with van der Waals surface area (Å²) in [6.07, 6.45) is 1.60. The first-order valence-corrected chi connectivity index (χ1v) is 9.02. The van der Waals surface area contributed by atoms with Crippen LogP contribution in [0, 0.1) is 6.92 Å². The lowest BCUT2D eigenvalue weighted by atomic mass is 10.2. The molecule has 0 atom stereocenters. The van der Waals surface area contributed by atoms with Crippen LogP contribution < -0.4 is 14.8 Å². The van der Waals surface area contributed by atoms with Crippen molar-refractivity contribution < 1.29 is 14.3 Å². The van der Waals surface area contributed by atoms with Crippen LogP contribution in [0.2, 0.25) is 0 Å². The van der Waals surface area contributed by atoms with E-state index in [1.165, 1.54) is 17.3 Å². The highest BCUT2D eigenvalue weighted by molar-refractivity contribution is 8.15. The van der Waals surface area contributed by atoms with Crippen molar-refractivity contribution in [2.45, 2.75) is 13.5 Å². The highest BCUT2D eigenvalue weighted by Crippen LogP contribution is 2.28. The van der Waals surface area contributed by atoms with Gasteiger partial charge in [-0.15, -0.1) is 5.10 Å². The molecule has 1 amide bonds. The van der Waals surface area contributed by atoms with Crippen molar-refractivity contribution in [2.24, 2.45) is 10.2 Å². The SMILES string of the molecule is COc1cc(C=NN=C2NC(=O)CS2)ccc1OCc1ccc(C)cc1. The van der Waals surface area contributed by atoms with Crippen LogP contribution in [0.3, 0.4) is 0 Å². The number of benzene rings is 2. The molecule has 1 fully saturated rings. The van der Waals surface area contributed by atoms with Crippen LogP contribution in [0.4, 0.5) is 0 Å². The van der Waals surface area contributed by atoms with Gasteiger partial charge in [-0.1, -0.05) is 41.6 Å². The summed E-state index contributed by atoms with van der Waals surface area (Å²) in [5.74, 6) is 1.61. The first kappa shape index (κ1) is 18.0. The summed E-state index contributed by atoms with van der Waals surface area (Å²) < 4.78 is 11.3. The molecule has 2 aromatic rings. The molecule has 6 nitrogen and oxygen atoms in total. The monoisotopic (exact) mass is 369 g/mol. The molecule has 0 bridgehead atoms. The Hall–Kier alpha value is -2.80. The summed E-state index contributed by atoms with van der Waals surface area (Å²) in [5.41, 5.74) is 3.13. The fourth-order valence-electron chi connectivity index (χ4n) is 2.26. The van der Waals surface area contributed by atoms with Crippen LogP contribution in [-0.2, 0) is 11.4 Å². The second kappa shape index (κ2) is 8.53. The Morgan fingerprint density at radius 2 is 2.00 bits per heavy atom. The Labute approximate surface area is 156 Å². The number of nitrogens with one attached hydrogen (secondary N) is 1. The minimum absolute atomic E-state index is 0.0549. The topological polar surface area (TPSA) is 72.3 Å². The van der Waals surface area contributed by atoms with Gasteiger partial charge in [-0.05, 0) is 36.2 Å². The molecule has 0 spiro atoms. The van der Waals surface area contributed by atoms with E-state index in [-0.39, 0.29) is 5.91 Å². The first-order chi connectivity index (χ1) is 12.6. The van der Waals surface area contributed by atoms with E-state index in [4.69, 9.17) is 9.47 Å². The highest BCUT2D eigenvalue weighted by Gasteiger charge is 2.15. The van der Waals surface area contributed by atoms with Crippen LogP contribution in [0.25, 0.3) is 0 Å². The summed E-state index contributed by atoms with van der Waals surface area (Å²) in [6, 6.07) is 13.7. The van der Waals surface area contributed by atoms with E-state index in [0.29, 0.717) is 29.0 Å². The molecular formula is C19H19N3O3S. The van der Waals surface area contributed by atoms with Crippen LogP contribution in [0.5, 0.6) is 11.5 Å². The molecule has 0 unspecified atom stereocenters. The third-order valence-electron chi connectivity index (χ3n) is 3.64. The number of amidine groups is 1. The summed E-state index contributed by atoms with van der Waals surface area (Å²) in [7, 11) is 1.60. The van der Waals surface area contributed by atoms with E-state index >= 15 is 0 Å². The van der Waals surface area contributed by atoms with Crippen molar-refractivity contribution in [3.63, 3.8) is 0 Å². The lowest BCUT2D eigenvalue weighted by Gasteiger charge is -2.11. The van der Waals surface area contributed by atoms with Gasteiger partial charge >= 0.3 is 0 Å². The van der Waals surface area contributed by atoms with E-state index in [1.807, 2.05) is 30.3 Å². The molecular weight excluding hydrogens is 350 g/mol. The third kappa shape index (κ3) is 4.86. The summed E-state index contributed by atoms with van der Waals surface area (Å²) in [5, 5.41) is 11.1. The molecule has 3 rings (SSSR count). The molecule has 0 radical (unpaired) electrons. The van der Waals surface area contributed by atoms with Crippen molar-refractivity contribution in [1.29, 1.82) is 0 Å². The van der Waals surface area contributed by atoms with Crippen LogP contribution >= 0.6 is 11.8 Å². The largest absolute Gasteiger partial charge is 0.493 e. The van der Waals surface area contributed by atoms with Gasteiger partial charge in [-0.25, -0.2) is 0 Å². The van der Waals surface area contributed by atoms with Gasteiger partial charge in [0.1, 0.15) is 6.61 Å². The normalized spacial score (nSPS) is 15.5. The summed E-state index contributed by atoms with van der Waals surface area (Å²) in [4.78, 5) is 11.1. The van der Waals surface area contributed by atoms with Crippen molar-refractivity contribution >= 4 is 29.1 Å². The minimum atomic E-state index is -0.0549. The molecule has 1 aliphatic rings. The molecule has 0 saturated carbocycles. The number of carbonyl (C=O) groups is 1. The smallest absolute Gasteiger partial charge is 0.236 e. The van der Waals surface area contributed by atoms with Crippen molar-refractivity contribution in [2.75, 3.05) is 12.9 Å². The Morgan fingerprint density at radius 3 is 2.69 bits per heavy atom. The molecule has 0 aliphatic carbocycles. The number of ether oxygens (including phenoxy) is 2. The number of amides is 1. The molecule has 7 heteroatoms. The van der Waals surface area contributed by atoms with E-state index in [0.717, 1.165) is 11.1 Å².